The van der Waals surface area contributed by atoms with Crippen LogP contribution in [0.1, 0.15) is 15.9 Å². The average molecular weight is 489 g/mol. The van der Waals surface area contributed by atoms with Crippen LogP contribution in [-0.2, 0) is 0 Å². The first-order valence-electron chi connectivity index (χ1n) is 11.4. The van der Waals surface area contributed by atoms with Crippen LogP contribution in [0.3, 0.4) is 0 Å². The molecule has 0 radical (unpaired) electrons. The number of H-pyrrole nitrogens is 1. The number of amides is 1. The second kappa shape index (κ2) is 8.87. The average Bonchev–Trinajstić information content (AvgIpc) is 3.49. The molecule has 0 aliphatic heterocycles. The van der Waals surface area contributed by atoms with E-state index in [2.05, 4.69) is 15.5 Å². The number of nitrogens with zero attached hydrogens (tertiary/aromatic N) is 2. The van der Waals surface area contributed by atoms with Crippen LogP contribution >= 0.6 is 11.3 Å². The third-order valence-electron chi connectivity index (χ3n) is 6.27. The zero-order valence-electron chi connectivity index (χ0n) is 19.3. The molecule has 174 valence electrons. The van der Waals surface area contributed by atoms with E-state index in [-0.39, 0.29) is 11.7 Å². The van der Waals surface area contributed by atoms with Crippen molar-refractivity contribution in [2.75, 3.05) is 5.32 Å². The first-order chi connectivity index (χ1) is 17.6. The lowest BCUT2D eigenvalue weighted by molar-refractivity contribution is 0.102. The molecular weight excluding hydrogens is 468 g/mol. The number of anilines is 1. The molecule has 0 unspecified atom stereocenters. The Bertz CT molecular complexity index is 1750. The fourth-order valence-electron chi connectivity index (χ4n) is 4.56. The van der Waals surface area contributed by atoms with Gasteiger partial charge < -0.3 is 10.3 Å². The first-order valence-corrected chi connectivity index (χ1v) is 12.3. The molecule has 0 aliphatic rings. The van der Waals surface area contributed by atoms with Crippen LogP contribution in [0.2, 0.25) is 0 Å². The van der Waals surface area contributed by atoms with Gasteiger partial charge >= 0.3 is 0 Å². The van der Waals surface area contributed by atoms with Gasteiger partial charge in [0.2, 0.25) is 0 Å². The summed E-state index contributed by atoms with van der Waals surface area (Å²) in [5.41, 5.74) is 4.34. The number of carbonyl (C=O) groups is 1. The SMILES string of the molecule is Cc1ccccc1C(=O)Nc1[nH]c(N=O)c(-c2cccc3ccccc23)c1-c1nc2ccccc2s1. The molecule has 0 saturated heterocycles. The van der Waals surface area contributed by atoms with E-state index < -0.39 is 0 Å². The summed E-state index contributed by atoms with van der Waals surface area (Å²) >= 11 is 1.50. The predicted molar refractivity (Wildman–Crippen MR) is 147 cm³/mol. The van der Waals surface area contributed by atoms with Crippen LogP contribution in [0.4, 0.5) is 11.6 Å². The van der Waals surface area contributed by atoms with Gasteiger partial charge in [0.05, 0.1) is 15.8 Å². The largest absolute Gasteiger partial charge is 0.322 e. The number of aromatic amines is 1. The molecule has 0 spiro atoms. The molecule has 6 rings (SSSR count). The van der Waals surface area contributed by atoms with Crippen molar-refractivity contribution < 1.29 is 4.79 Å². The maximum absolute atomic E-state index is 13.3. The Kier molecular flexibility index (Phi) is 5.39. The highest BCUT2D eigenvalue weighted by atomic mass is 32.1. The van der Waals surface area contributed by atoms with E-state index in [9.17, 15) is 9.70 Å². The predicted octanol–water partition coefficient (Wildman–Crippen LogP) is 8.07. The number of rotatable bonds is 5. The second-order valence-corrected chi connectivity index (χ2v) is 9.50. The van der Waals surface area contributed by atoms with Gasteiger partial charge in [-0.2, -0.15) is 0 Å². The second-order valence-electron chi connectivity index (χ2n) is 8.47. The molecule has 0 aliphatic carbocycles. The molecule has 6 nitrogen and oxygen atoms in total. The van der Waals surface area contributed by atoms with Crippen LogP contribution in [0, 0.1) is 11.8 Å². The molecule has 6 aromatic rings. The third-order valence-corrected chi connectivity index (χ3v) is 7.32. The minimum atomic E-state index is -0.279. The highest BCUT2D eigenvalue weighted by Gasteiger charge is 2.26. The Morgan fingerprint density at radius 1 is 0.889 bits per heavy atom. The Morgan fingerprint density at radius 2 is 1.64 bits per heavy atom. The Balaban J connectivity index is 1.62. The number of aromatic nitrogens is 2. The van der Waals surface area contributed by atoms with Gasteiger partial charge in [0.25, 0.3) is 5.91 Å². The minimum Gasteiger partial charge on any atom is -0.322 e. The number of fused-ring (bicyclic) bond motifs is 2. The van der Waals surface area contributed by atoms with Crippen molar-refractivity contribution in [2.45, 2.75) is 6.92 Å². The molecule has 36 heavy (non-hydrogen) atoms. The molecule has 2 N–H and O–H groups in total. The van der Waals surface area contributed by atoms with Crippen molar-refractivity contribution in [1.29, 1.82) is 0 Å². The Labute approximate surface area is 210 Å². The molecule has 0 fully saturated rings. The number of hydrogen-bond acceptors (Lipinski definition) is 5. The van der Waals surface area contributed by atoms with E-state index in [4.69, 9.17) is 4.98 Å². The lowest BCUT2D eigenvalue weighted by Crippen LogP contribution is -2.14. The number of aryl methyl sites for hydroxylation is 1. The van der Waals surface area contributed by atoms with Gasteiger partial charge in [0.15, 0.2) is 5.82 Å². The van der Waals surface area contributed by atoms with E-state index in [1.807, 2.05) is 91.9 Å². The molecule has 7 heteroatoms. The van der Waals surface area contributed by atoms with Crippen molar-refractivity contribution in [3.8, 4) is 21.7 Å². The molecule has 0 bridgehead atoms. The number of hydrogen-bond donors (Lipinski definition) is 2. The number of benzene rings is 4. The van der Waals surface area contributed by atoms with Crippen molar-refractivity contribution >= 4 is 49.9 Å². The normalized spacial score (nSPS) is 11.1. The van der Waals surface area contributed by atoms with Gasteiger partial charge in [-0.3, -0.25) is 4.79 Å². The number of nitrogens with one attached hydrogen (secondary N) is 2. The Morgan fingerprint density at radius 3 is 2.47 bits per heavy atom. The van der Waals surface area contributed by atoms with Gasteiger partial charge in [0.1, 0.15) is 10.8 Å². The van der Waals surface area contributed by atoms with Crippen LogP contribution < -0.4 is 5.32 Å². The summed E-state index contributed by atoms with van der Waals surface area (Å²) in [5.74, 6) is 0.249. The lowest BCUT2D eigenvalue weighted by Gasteiger charge is -2.10. The van der Waals surface area contributed by atoms with E-state index in [0.29, 0.717) is 27.5 Å². The maximum atomic E-state index is 13.3. The maximum Gasteiger partial charge on any atom is 0.257 e. The van der Waals surface area contributed by atoms with Crippen molar-refractivity contribution in [3.05, 3.63) is 107 Å². The molecule has 2 aromatic heterocycles. The van der Waals surface area contributed by atoms with Crippen LogP contribution in [0.5, 0.6) is 0 Å². The summed E-state index contributed by atoms with van der Waals surface area (Å²) in [5, 5.41) is 9.03. The van der Waals surface area contributed by atoms with Gasteiger partial charge in [-0.15, -0.1) is 16.2 Å². The fraction of sp³-hybridized carbons (Fsp3) is 0.0345. The van der Waals surface area contributed by atoms with Crippen LogP contribution in [0.25, 0.3) is 42.7 Å². The molecule has 1 amide bonds. The smallest absolute Gasteiger partial charge is 0.257 e. The highest BCUT2D eigenvalue weighted by molar-refractivity contribution is 7.21. The summed E-state index contributed by atoms with van der Waals surface area (Å²) in [6, 6.07) is 29.1. The minimum absolute atomic E-state index is 0.140. The van der Waals surface area contributed by atoms with Crippen molar-refractivity contribution in [1.82, 2.24) is 9.97 Å². The first kappa shape index (κ1) is 21.9. The molecule has 4 aromatic carbocycles. The molecule has 0 saturated carbocycles. The number of para-hydroxylation sites is 1. The number of nitroso groups, excluding NO2 is 1. The quantitative estimate of drug-likeness (QED) is 0.241. The van der Waals surface area contributed by atoms with Crippen molar-refractivity contribution in [2.24, 2.45) is 5.18 Å². The fourth-order valence-corrected chi connectivity index (χ4v) is 5.58. The summed E-state index contributed by atoms with van der Waals surface area (Å²) in [7, 11) is 0. The summed E-state index contributed by atoms with van der Waals surface area (Å²) < 4.78 is 1.01. The third kappa shape index (κ3) is 3.66. The van der Waals surface area contributed by atoms with E-state index in [1.54, 1.807) is 6.07 Å². The zero-order chi connectivity index (χ0) is 24.6. The van der Waals surface area contributed by atoms with Crippen LogP contribution in [0.15, 0.2) is 96.2 Å². The van der Waals surface area contributed by atoms with E-state index >= 15 is 0 Å². The van der Waals surface area contributed by atoms with Gasteiger partial charge in [-0.25, -0.2) is 4.98 Å². The Hall–Kier alpha value is -4.62. The van der Waals surface area contributed by atoms with Gasteiger partial charge in [-0.1, -0.05) is 72.8 Å². The highest BCUT2D eigenvalue weighted by Crippen LogP contribution is 2.48. The number of carbonyl (C=O) groups excluding carboxylic acids is 1. The van der Waals surface area contributed by atoms with Crippen molar-refractivity contribution in [3.63, 3.8) is 0 Å². The van der Waals surface area contributed by atoms with Gasteiger partial charge in [-0.05, 0) is 52.2 Å². The molecular formula is C29H20N4O2S. The lowest BCUT2D eigenvalue weighted by atomic mass is 9.96. The topological polar surface area (TPSA) is 87.2 Å². The number of thiazole rings is 1. The summed E-state index contributed by atoms with van der Waals surface area (Å²) in [6.45, 7) is 1.89. The molecule has 0 atom stereocenters. The van der Waals surface area contributed by atoms with E-state index in [0.717, 1.165) is 32.1 Å². The summed E-state index contributed by atoms with van der Waals surface area (Å²) in [4.78, 5) is 33.3. The van der Waals surface area contributed by atoms with E-state index in [1.165, 1.54) is 11.3 Å². The van der Waals surface area contributed by atoms with Crippen LogP contribution in [-0.4, -0.2) is 15.9 Å². The summed E-state index contributed by atoms with van der Waals surface area (Å²) in [6.07, 6.45) is 0. The zero-order valence-corrected chi connectivity index (χ0v) is 20.1. The monoisotopic (exact) mass is 488 g/mol. The standard InChI is InChI=1S/C29H20N4O2S/c1-17-9-2-4-12-19(17)28(34)32-26-25(29-30-22-15-6-7-16-23(22)36-29)24(27(31-26)33-35)21-14-8-11-18-10-3-5-13-20(18)21/h2-16,31H,1H3,(H,32,34). The van der Waals surface area contributed by atoms with Gasteiger partial charge in [0, 0.05) is 11.1 Å². The molecule has 2 heterocycles.